The highest BCUT2D eigenvalue weighted by Gasteiger charge is 2.26. The molecule has 0 radical (unpaired) electrons. The smallest absolute Gasteiger partial charge is 0.244 e. The third-order valence-corrected chi connectivity index (χ3v) is 6.48. The van der Waals surface area contributed by atoms with Crippen molar-refractivity contribution in [2.45, 2.75) is 30.7 Å². The highest BCUT2D eigenvalue weighted by atomic mass is 32.2. The molecular formula is C13H20N2O4S2. The number of nitrogens with one attached hydrogen (secondary N) is 1. The molecule has 1 heterocycles. The molecule has 0 bridgehead atoms. The van der Waals surface area contributed by atoms with Crippen LogP contribution in [0.2, 0.25) is 0 Å². The molecule has 2 rings (SSSR count). The Morgan fingerprint density at radius 2 is 1.95 bits per heavy atom. The molecule has 1 aromatic rings. The number of aryl methyl sites for hydroxylation is 1. The van der Waals surface area contributed by atoms with Crippen LogP contribution in [0.15, 0.2) is 17.0 Å². The van der Waals surface area contributed by atoms with E-state index in [0.29, 0.717) is 30.0 Å². The second kappa shape index (κ2) is 6.33. The fourth-order valence-electron chi connectivity index (χ4n) is 2.24. The summed E-state index contributed by atoms with van der Waals surface area (Å²) >= 11 is 0. The Morgan fingerprint density at radius 3 is 2.52 bits per heavy atom. The quantitative estimate of drug-likeness (QED) is 0.794. The number of ether oxygens (including phenoxy) is 1. The first-order chi connectivity index (χ1) is 9.83. The highest BCUT2D eigenvalue weighted by molar-refractivity contribution is 7.89. The SMILES string of the molecule is COc1cc(C)c(N)cc1S(=O)(=O)NC1CCS(=O)CC1. The number of hydrogen-bond acceptors (Lipinski definition) is 5. The number of nitrogens with two attached hydrogens (primary N) is 1. The normalized spacial score (nSPS) is 23.0. The summed E-state index contributed by atoms with van der Waals surface area (Å²) in [5.41, 5.74) is 6.97. The van der Waals surface area contributed by atoms with Crippen molar-refractivity contribution in [3.05, 3.63) is 17.7 Å². The number of anilines is 1. The van der Waals surface area contributed by atoms with Gasteiger partial charge < -0.3 is 10.5 Å². The minimum Gasteiger partial charge on any atom is -0.495 e. The standard InChI is InChI=1S/C13H20N2O4S2/c1-9-7-12(19-2)13(8-11(9)14)21(17,18)15-10-3-5-20(16)6-4-10/h7-8,10,15H,3-6,14H2,1-2H3. The largest absolute Gasteiger partial charge is 0.495 e. The number of nitrogen functional groups attached to an aromatic ring is 1. The van der Waals surface area contributed by atoms with E-state index in [1.807, 2.05) is 0 Å². The molecule has 118 valence electrons. The van der Waals surface area contributed by atoms with Gasteiger partial charge in [-0.2, -0.15) is 0 Å². The fourth-order valence-corrected chi connectivity index (χ4v) is 5.03. The molecule has 6 nitrogen and oxygen atoms in total. The molecule has 1 saturated heterocycles. The van der Waals surface area contributed by atoms with E-state index in [2.05, 4.69) is 4.72 Å². The molecule has 1 fully saturated rings. The van der Waals surface area contributed by atoms with Crippen LogP contribution in [0, 0.1) is 6.92 Å². The zero-order valence-corrected chi connectivity index (χ0v) is 13.7. The van der Waals surface area contributed by atoms with E-state index < -0.39 is 20.8 Å². The Bertz CT molecular complexity index is 648. The predicted molar refractivity (Wildman–Crippen MR) is 83.4 cm³/mol. The maximum Gasteiger partial charge on any atom is 0.244 e. The summed E-state index contributed by atoms with van der Waals surface area (Å²) in [5, 5.41) is 0. The third-order valence-electron chi connectivity index (χ3n) is 3.55. The Hall–Kier alpha value is -1.12. The Balaban J connectivity index is 2.27. The maximum absolute atomic E-state index is 12.5. The van der Waals surface area contributed by atoms with Crippen LogP contribution in [0.25, 0.3) is 0 Å². The molecule has 1 aliphatic rings. The van der Waals surface area contributed by atoms with E-state index in [0.717, 1.165) is 5.56 Å². The van der Waals surface area contributed by atoms with E-state index in [-0.39, 0.29) is 16.7 Å². The van der Waals surface area contributed by atoms with Gasteiger partial charge in [-0.1, -0.05) is 0 Å². The lowest BCUT2D eigenvalue weighted by Gasteiger charge is -2.23. The molecule has 8 heteroatoms. The topological polar surface area (TPSA) is 98.5 Å². The predicted octanol–water partition coefficient (Wildman–Crippen LogP) is 0.775. The van der Waals surface area contributed by atoms with E-state index in [4.69, 9.17) is 10.5 Å². The average Bonchev–Trinajstić information content (AvgIpc) is 2.43. The molecule has 0 saturated carbocycles. The van der Waals surface area contributed by atoms with E-state index in [9.17, 15) is 12.6 Å². The summed E-state index contributed by atoms with van der Waals surface area (Å²) in [6, 6.07) is 2.83. The van der Waals surface area contributed by atoms with Crippen molar-refractivity contribution in [1.82, 2.24) is 4.72 Å². The van der Waals surface area contributed by atoms with Gasteiger partial charge in [0.05, 0.1) is 7.11 Å². The van der Waals surface area contributed by atoms with Gasteiger partial charge in [-0.15, -0.1) is 0 Å². The summed E-state index contributed by atoms with van der Waals surface area (Å²) in [4.78, 5) is 0.0415. The van der Waals surface area contributed by atoms with E-state index in [1.165, 1.54) is 13.2 Å². The van der Waals surface area contributed by atoms with Gasteiger partial charge in [0.1, 0.15) is 10.6 Å². The van der Waals surface area contributed by atoms with Crippen LogP contribution in [0.3, 0.4) is 0 Å². The van der Waals surface area contributed by atoms with Crippen molar-refractivity contribution in [2.75, 3.05) is 24.3 Å². The number of methoxy groups -OCH3 is 1. The molecule has 0 amide bonds. The first kappa shape index (κ1) is 16.3. The lowest BCUT2D eigenvalue weighted by molar-refractivity contribution is 0.401. The Kier molecular flexibility index (Phi) is 4.90. The number of benzene rings is 1. The lowest BCUT2D eigenvalue weighted by Crippen LogP contribution is -2.39. The lowest BCUT2D eigenvalue weighted by atomic mass is 10.2. The summed E-state index contributed by atoms with van der Waals surface area (Å²) in [6.07, 6.45) is 1.16. The monoisotopic (exact) mass is 332 g/mol. The van der Waals surface area contributed by atoms with Crippen molar-refractivity contribution >= 4 is 26.5 Å². The van der Waals surface area contributed by atoms with Crippen molar-refractivity contribution in [3.63, 3.8) is 0 Å². The molecule has 0 atom stereocenters. The average molecular weight is 332 g/mol. The van der Waals surface area contributed by atoms with Gasteiger partial charge in [-0.25, -0.2) is 13.1 Å². The van der Waals surface area contributed by atoms with Crippen molar-refractivity contribution in [2.24, 2.45) is 0 Å². The van der Waals surface area contributed by atoms with E-state index >= 15 is 0 Å². The molecule has 0 unspecified atom stereocenters. The molecular weight excluding hydrogens is 312 g/mol. The second-order valence-corrected chi connectivity index (χ2v) is 8.48. The van der Waals surface area contributed by atoms with Gasteiger partial charge >= 0.3 is 0 Å². The molecule has 0 aromatic heterocycles. The zero-order chi connectivity index (χ0) is 15.6. The first-order valence-corrected chi connectivity index (χ1v) is 9.62. The highest BCUT2D eigenvalue weighted by Crippen LogP contribution is 2.29. The van der Waals surface area contributed by atoms with Crippen LogP contribution < -0.4 is 15.2 Å². The van der Waals surface area contributed by atoms with Crippen LogP contribution in [-0.4, -0.2) is 37.3 Å². The fraction of sp³-hybridized carbons (Fsp3) is 0.538. The van der Waals surface area contributed by atoms with Gasteiger partial charge in [0.2, 0.25) is 10.0 Å². The van der Waals surface area contributed by atoms with Crippen LogP contribution in [0.4, 0.5) is 5.69 Å². The zero-order valence-electron chi connectivity index (χ0n) is 12.1. The minimum atomic E-state index is -3.71. The van der Waals surface area contributed by atoms with Gasteiger partial charge in [0.25, 0.3) is 0 Å². The van der Waals surface area contributed by atoms with E-state index in [1.54, 1.807) is 13.0 Å². The van der Waals surface area contributed by atoms with Gasteiger partial charge in [0, 0.05) is 34.0 Å². The Labute approximate surface area is 127 Å². The molecule has 0 aliphatic carbocycles. The van der Waals surface area contributed by atoms with Crippen LogP contribution in [-0.2, 0) is 20.8 Å². The molecule has 1 aromatic carbocycles. The second-order valence-electron chi connectivity index (χ2n) is 5.10. The van der Waals surface area contributed by atoms with Crippen LogP contribution in [0.5, 0.6) is 5.75 Å². The summed E-state index contributed by atoms with van der Waals surface area (Å²) in [7, 11) is -3.12. The van der Waals surface area contributed by atoms with Gasteiger partial charge in [-0.05, 0) is 37.5 Å². The summed E-state index contributed by atoms with van der Waals surface area (Å²) in [6.45, 7) is 1.79. The molecule has 0 spiro atoms. The molecule has 1 aliphatic heterocycles. The van der Waals surface area contributed by atoms with Crippen molar-refractivity contribution in [1.29, 1.82) is 0 Å². The van der Waals surface area contributed by atoms with Crippen molar-refractivity contribution in [3.8, 4) is 5.75 Å². The number of sulfonamides is 1. The van der Waals surface area contributed by atoms with Crippen LogP contribution >= 0.6 is 0 Å². The third kappa shape index (κ3) is 3.75. The Morgan fingerprint density at radius 1 is 1.33 bits per heavy atom. The van der Waals surface area contributed by atoms with Gasteiger partial charge in [-0.3, -0.25) is 4.21 Å². The molecule has 21 heavy (non-hydrogen) atoms. The maximum atomic E-state index is 12.5. The molecule has 3 N–H and O–H groups in total. The van der Waals surface area contributed by atoms with Gasteiger partial charge in [0.15, 0.2) is 0 Å². The number of hydrogen-bond donors (Lipinski definition) is 2. The number of rotatable bonds is 4. The van der Waals surface area contributed by atoms with Crippen LogP contribution in [0.1, 0.15) is 18.4 Å². The van der Waals surface area contributed by atoms with Crippen molar-refractivity contribution < 1.29 is 17.4 Å². The first-order valence-electron chi connectivity index (χ1n) is 6.65. The summed E-state index contributed by atoms with van der Waals surface area (Å²) < 4.78 is 44.1. The minimum absolute atomic E-state index is 0.0415. The summed E-state index contributed by atoms with van der Waals surface area (Å²) in [5.74, 6) is 1.33.